The van der Waals surface area contributed by atoms with Gasteiger partial charge in [0.1, 0.15) is 6.26 Å². The summed E-state index contributed by atoms with van der Waals surface area (Å²) in [6.07, 6.45) is 1.43. The quantitative estimate of drug-likeness (QED) is 0.623. The molecule has 56 valence electrons. The zero-order valence-electron chi connectivity index (χ0n) is 4.90. The first kappa shape index (κ1) is 9.19. The number of nitrogens with two attached hydrogens (primary N) is 1. The van der Waals surface area contributed by atoms with Crippen molar-refractivity contribution in [1.29, 1.82) is 0 Å². The van der Waals surface area contributed by atoms with Crippen molar-refractivity contribution in [1.82, 2.24) is 5.16 Å². The molecule has 0 saturated heterocycles. The van der Waals surface area contributed by atoms with Gasteiger partial charge < -0.3 is 15.6 Å². The molecule has 1 heterocycles. The van der Waals surface area contributed by atoms with Crippen LogP contribution in [0, 0.1) is 0 Å². The molecule has 3 N–H and O–H groups in total. The van der Waals surface area contributed by atoms with E-state index in [1.54, 1.807) is 6.07 Å². The summed E-state index contributed by atoms with van der Waals surface area (Å²) >= 11 is 4.53. The van der Waals surface area contributed by atoms with Gasteiger partial charge in [0.25, 0.3) is 0 Å². The Hall–Kier alpha value is -0.810. The molecule has 0 atom stereocenters. The zero-order chi connectivity index (χ0) is 6.69. The minimum atomic E-state index is 0. The van der Waals surface area contributed by atoms with Gasteiger partial charge >= 0.3 is 0 Å². The summed E-state index contributed by atoms with van der Waals surface area (Å²) in [5, 5.41) is 6.28. The average molecular weight is 180 g/mol. The minimum Gasteiger partial charge on any atom is -0.376 e. The minimum absolute atomic E-state index is 0. The van der Waals surface area contributed by atoms with Crippen molar-refractivity contribution in [2.75, 3.05) is 5.32 Å². The molecule has 0 aliphatic carbocycles. The first-order chi connectivity index (χ1) is 4.29. The molecule has 0 aromatic carbocycles. The van der Waals surface area contributed by atoms with Crippen LogP contribution in [0.15, 0.2) is 16.9 Å². The number of rotatable bonds is 1. The number of anilines is 1. The van der Waals surface area contributed by atoms with Crippen LogP contribution in [-0.4, -0.2) is 10.3 Å². The molecule has 0 bridgehead atoms. The van der Waals surface area contributed by atoms with Crippen molar-refractivity contribution >= 4 is 35.6 Å². The van der Waals surface area contributed by atoms with E-state index in [2.05, 4.69) is 27.2 Å². The van der Waals surface area contributed by atoms with Crippen molar-refractivity contribution in [2.24, 2.45) is 5.73 Å². The molecule has 0 amide bonds. The van der Waals surface area contributed by atoms with E-state index >= 15 is 0 Å². The van der Waals surface area contributed by atoms with Crippen molar-refractivity contribution in [3.05, 3.63) is 12.3 Å². The molecule has 0 aliphatic rings. The normalized spacial score (nSPS) is 8.00. The first-order valence-electron chi connectivity index (χ1n) is 2.26. The molecule has 1 aromatic heterocycles. The predicted molar refractivity (Wildman–Crippen MR) is 44.2 cm³/mol. The van der Waals surface area contributed by atoms with Gasteiger partial charge in [-0.25, -0.2) is 0 Å². The van der Waals surface area contributed by atoms with Crippen LogP contribution >= 0.6 is 24.6 Å². The van der Waals surface area contributed by atoms with Crippen LogP contribution in [0.1, 0.15) is 0 Å². The third-order valence-corrected chi connectivity index (χ3v) is 0.791. The van der Waals surface area contributed by atoms with Gasteiger partial charge in [0.05, 0.1) is 0 Å². The van der Waals surface area contributed by atoms with Gasteiger partial charge in [-0.05, 0) is 12.2 Å². The van der Waals surface area contributed by atoms with E-state index in [0.717, 1.165) is 0 Å². The van der Waals surface area contributed by atoms with Gasteiger partial charge in [0.15, 0.2) is 10.9 Å². The smallest absolute Gasteiger partial charge is 0.175 e. The standard InChI is InChI=1S/C4H5N3OS.ClH/c5-4(9)6-3-1-2-8-7-3;/h1-2H,(H3,5,6,7,9);1H. The lowest BCUT2D eigenvalue weighted by Crippen LogP contribution is -2.18. The summed E-state index contributed by atoms with van der Waals surface area (Å²) < 4.78 is 4.49. The highest BCUT2D eigenvalue weighted by Crippen LogP contribution is 1.98. The second kappa shape index (κ2) is 4.08. The number of hydrogen-bond donors (Lipinski definition) is 2. The number of thiocarbonyl (C=S) groups is 1. The third kappa shape index (κ3) is 2.65. The van der Waals surface area contributed by atoms with Gasteiger partial charge in [-0.1, -0.05) is 5.16 Å². The molecule has 0 fully saturated rings. The molecule has 10 heavy (non-hydrogen) atoms. The number of nitrogens with one attached hydrogen (secondary N) is 1. The lowest BCUT2D eigenvalue weighted by atomic mass is 10.6. The van der Waals surface area contributed by atoms with E-state index < -0.39 is 0 Å². The van der Waals surface area contributed by atoms with E-state index in [-0.39, 0.29) is 17.5 Å². The Labute approximate surface area is 69.2 Å². The summed E-state index contributed by atoms with van der Waals surface area (Å²) in [7, 11) is 0. The monoisotopic (exact) mass is 179 g/mol. The van der Waals surface area contributed by atoms with Crippen LogP contribution in [-0.2, 0) is 0 Å². The summed E-state index contributed by atoms with van der Waals surface area (Å²) in [5.41, 5.74) is 5.12. The molecule has 6 heteroatoms. The molecular weight excluding hydrogens is 174 g/mol. The van der Waals surface area contributed by atoms with Gasteiger partial charge in [-0.2, -0.15) is 0 Å². The lowest BCUT2D eigenvalue weighted by molar-refractivity contribution is 0.423. The molecule has 0 radical (unpaired) electrons. The summed E-state index contributed by atoms with van der Waals surface area (Å²) in [5.74, 6) is 0.530. The maximum atomic E-state index is 5.12. The molecule has 1 rings (SSSR count). The highest BCUT2D eigenvalue weighted by molar-refractivity contribution is 7.80. The SMILES string of the molecule is Cl.NC(=S)Nc1ccon1. The first-order valence-corrected chi connectivity index (χ1v) is 2.66. The van der Waals surface area contributed by atoms with Crippen LogP contribution in [0.3, 0.4) is 0 Å². The Morgan fingerprint density at radius 1 is 1.80 bits per heavy atom. The van der Waals surface area contributed by atoms with Gasteiger partial charge in [-0.15, -0.1) is 12.4 Å². The molecule has 0 saturated carbocycles. The Balaban J connectivity index is 0.000000810. The fraction of sp³-hybridized carbons (Fsp3) is 0. The summed E-state index contributed by atoms with van der Waals surface area (Å²) in [6, 6.07) is 1.62. The van der Waals surface area contributed by atoms with E-state index in [4.69, 9.17) is 5.73 Å². The maximum absolute atomic E-state index is 5.12. The molecule has 0 aliphatic heterocycles. The number of aromatic nitrogens is 1. The number of halogens is 1. The van der Waals surface area contributed by atoms with E-state index in [0.29, 0.717) is 5.82 Å². The molecule has 1 aromatic rings. The van der Waals surface area contributed by atoms with Crippen LogP contribution in [0.4, 0.5) is 5.82 Å². The van der Waals surface area contributed by atoms with Gasteiger partial charge in [0.2, 0.25) is 0 Å². The molecular formula is C4H6ClN3OS. The van der Waals surface area contributed by atoms with Crippen LogP contribution in [0.5, 0.6) is 0 Å². The molecule has 0 spiro atoms. The molecule has 0 unspecified atom stereocenters. The van der Waals surface area contributed by atoms with E-state index in [1.165, 1.54) is 6.26 Å². The topological polar surface area (TPSA) is 64.1 Å². The summed E-state index contributed by atoms with van der Waals surface area (Å²) in [6.45, 7) is 0. The van der Waals surface area contributed by atoms with Gasteiger partial charge in [-0.3, -0.25) is 0 Å². The highest BCUT2D eigenvalue weighted by atomic mass is 35.5. The lowest BCUT2D eigenvalue weighted by Gasteiger charge is -1.93. The Morgan fingerprint density at radius 3 is 2.90 bits per heavy atom. The average Bonchev–Trinajstić information content (AvgIpc) is 2.15. The van der Waals surface area contributed by atoms with E-state index in [1.807, 2.05) is 0 Å². The maximum Gasteiger partial charge on any atom is 0.175 e. The van der Waals surface area contributed by atoms with Gasteiger partial charge in [0, 0.05) is 6.07 Å². The van der Waals surface area contributed by atoms with Crippen LogP contribution < -0.4 is 11.1 Å². The summed E-state index contributed by atoms with van der Waals surface area (Å²) in [4.78, 5) is 0. The van der Waals surface area contributed by atoms with Crippen molar-refractivity contribution in [2.45, 2.75) is 0 Å². The number of hydrogen-bond acceptors (Lipinski definition) is 3. The van der Waals surface area contributed by atoms with Crippen molar-refractivity contribution < 1.29 is 4.52 Å². The Morgan fingerprint density at radius 2 is 2.50 bits per heavy atom. The Kier molecular flexibility index (Phi) is 3.75. The second-order valence-electron chi connectivity index (χ2n) is 1.37. The van der Waals surface area contributed by atoms with Crippen molar-refractivity contribution in [3.8, 4) is 0 Å². The van der Waals surface area contributed by atoms with E-state index in [9.17, 15) is 0 Å². The van der Waals surface area contributed by atoms with Crippen LogP contribution in [0.25, 0.3) is 0 Å². The van der Waals surface area contributed by atoms with Crippen LogP contribution in [0.2, 0.25) is 0 Å². The second-order valence-corrected chi connectivity index (χ2v) is 1.81. The number of nitrogens with zero attached hydrogens (tertiary/aromatic N) is 1. The zero-order valence-corrected chi connectivity index (χ0v) is 6.54. The largest absolute Gasteiger partial charge is 0.376 e. The highest BCUT2D eigenvalue weighted by Gasteiger charge is 1.92. The molecule has 4 nitrogen and oxygen atoms in total. The van der Waals surface area contributed by atoms with Crippen molar-refractivity contribution in [3.63, 3.8) is 0 Å². The fourth-order valence-corrected chi connectivity index (χ4v) is 0.508. The third-order valence-electron chi connectivity index (χ3n) is 0.689. The Bertz CT molecular complexity index is 200. The fourth-order valence-electron chi connectivity index (χ4n) is 0.403. The predicted octanol–water partition coefficient (Wildman–Crippen LogP) is 0.752.